The van der Waals surface area contributed by atoms with Gasteiger partial charge in [-0.25, -0.2) is 8.42 Å². The van der Waals surface area contributed by atoms with Gasteiger partial charge in [0.05, 0.1) is 28.6 Å². The lowest BCUT2D eigenvalue weighted by Gasteiger charge is -2.22. The van der Waals surface area contributed by atoms with Gasteiger partial charge >= 0.3 is 0 Å². The van der Waals surface area contributed by atoms with Gasteiger partial charge in [0.15, 0.2) is 9.84 Å². The summed E-state index contributed by atoms with van der Waals surface area (Å²) in [5.41, 5.74) is 1.73. The second kappa shape index (κ2) is 7.54. The molecule has 2 fully saturated rings. The lowest BCUT2D eigenvalue weighted by Crippen LogP contribution is -2.22. The Balaban J connectivity index is 1.60. The molecule has 0 aromatic heterocycles. The molecule has 1 amide bonds. The third-order valence-corrected chi connectivity index (χ3v) is 7.84. The first kappa shape index (κ1) is 17.9. The van der Waals surface area contributed by atoms with Crippen molar-refractivity contribution in [1.29, 1.82) is 0 Å². The minimum Gasteiger partial charge on any atom is -0.370 e. The Bertz CT molecular complexity index is 718. The van der Waals surface area contributed by atoms with Crippen molar-refractivity contribution in [2.75, 3.05) is 40.6 Å². The van der Waals surface area contributed by atoms with Crippen LogP contribution in [0.5, 0.6) is 0 Å². The van der Waals surface area contributed by atoms with Gasteiger partial charge in [-0.2, -0.15) is 0 Å². The van der Waals surface area contributed by atoms with E-state index in [0.717, 1.165) is 37.3 Å². The number of hydrogen-bond acceptors (Lipinski definition) is 5. The van der Waals surface area contributed by atoms with E-state index in [1.54, 1.807) is 6.07 Å². The third kappa shape index (κ3) is 4.58. The highest BCUT2D eigenvalue weighted by Gasteiger charge is 2.28. The van der Waals surface area contributed by atoms with Crippen LogP contribution in [0.1, 0.15) is 19.3 Å². The van der Waals surface area contributed by atoms with E-state index >= 15 is 0 Å². The molecule has 0 saturated carbocycles. The van der Waals surface area contributed by atoms with Gasteiger partial charge < -0.3 is 10.2 Å². The molecule has 1 N–H and O–H groups in total. The number of anilines is 2. The quantitative estimate of drug-likeness (QED) is 0.840. The Kier molecular flexibility index (Phi) is 5.62. The van der Waals surface area contributed by atoms with Gasteiger partial charge in [-0.1, -0.05) is 11.6 Å². The van der Waals surface area contributed by atoms with Gasteiger partial charge in [-0.15, -0.1) is 11.8 Å². The number of nitrogens with zero attached hydrogens (tertiary/aromatic N) is 1. The molecule has 1 aromatic carbocycles. The molecule has 2 saturated heterocycles. The number of carbonyl (C=O) groups is 1. The fourth-order valence-electron chi connectivity index (χ4n) is 3.11. The van der Waals surface area contributed by atoms with Crippen LogP contribution >= 0.6 is 23.4 Å². The SMILES string of the molecule is O=C(CSC1CCS(=O)(=O)C1)Nc1cc(Cl)ccc1N1CCCC1. The van der Waals surface area contributed by atoms with Gasteiger partial charge in [-0.3, -0.25) is 4.79 Å². The first-order valence-corrected chi connectivity index (χ1v) is 11.3. The molecule has 24 heavy (non-hydrogen) atoms. The number of rotatable bonds is 5. The average Bonchev–Trinajstić information content (AvgIpc) is 3.15. The van der Waals surface area contributed by atoms with Crippen LogP contribution in [0, 0.1) is 0 Å². The summed E-state index contributed by atoms with van der Waals surface area (Å²) in [6.07, 6.45) is 2.94. The second-order valence-electron chi connectivity index (χ2n) is 6.24. The van der Waals surface area contributed by atoms with Crippen LogP contribution in [0.2, 0.25) is 5.02 Å². The van der Waals surface area contributed by atoms with Crippen molar-refractivity contribution in [2.45, 2.75) is 24.5 Å². The van der Waals surface area contributed by atoms with Crippen LogP contribution < -0.4 is 10.2 Å². The van der Waals surface area contributed by atoms with Gasteiger partial charge in [0, 0.05) is 23.4 Å². The highest BCUT2D eigenvalue weighted by molar-refractivity contribution is 8.02. The van der Waals surface area contributed by atoms with Crippen molar-refractivity contribution in [3.8, 4) is 0 Å². The second-order valence-corrected chi connectivity index (χ2v) is 10.2. The van der Waals surface area contributed by atoms with E-state index in [0.29, 0.717) is 11.4 Å². The van der Waals surface area contributed by atoms with Crippen molar-refractivity contribution in [2.24, 2.45) is 0 Å². The maximum absolute atomic E-state index is 12.3. The number of sulfone groups is 1. The van der Waals surface area contributed by atoms with Crippen LogP contribution in [-0.4, -0.2) is 49.9 Å². The summed E-state index contributed by atoms with van der Waals surface area (Å²) in [6.45, 7) is 1.97. The lowest BCUT2D eigenvalue weighted by molar-refractivity contribution is -0.113. The summed E-state index contributed by atoms with van der Waals surface area (Å²) in [5, 5.41) is 3.55. The highest BCUT2D eigenvalue weighted by atomic mass is 35.5. The topological polar surface area (TPSA) is 66.5 Å². The predicted octanol–water partition coefficient (Wildman–Crippen LogP) is 2.80. The molecule has 5 nitrogen and oxygen atoms in total. The molecular weight excluding hydrogens is 368 g/mol. The summed E-state index contributed by atoms with van der Waals surface area (Å²) < 4.78 is 22.9. The molecule has 0 spiro atoms. The largest absolute Gasteiger partial charge is 0.370 e. The fraction of sp³-hybridized carbons (Fsp3) is 0.562. The Hall–Kier alpha value is -0.920. The molecule has 1 aromatic rings. The number of benzene rings is 1. The van der Waals surface area contributed by atoms with Crippen LogP contribution in [0.25, 0.3) is 0 Å². The minimum atomic E-state index is -2.90. The lowest BCUT2D eigenvalue weighted by atomic mass is 10.2. The number of carbonyl (C=O) groups excluding carboxylic acids is 1. The smallest absolute Gasteiger partial charge is 0.234 e. The summed E-state index contributed by atoms with van der Waals surface area (Å²) in [6, 6.07) is 5.56. The maximum Gasteiger partial charge on any atom is 0.234 e. The zero-order valence-electron chi connectivity index (χ0n) is 13.3. The normalized spacial score (nSPS) is 22.7. The monoisotopic (exact) mass is 388 g/mol. The van der Waals surface area contributed by atoms with E-state index in [9.17, 15) is 13.2 Å². The molecule has 2 heterocycles. The average molecular weight is 389 g/mol. The van der Waals surface area contributed by atoms with E-state index in [1.165, 1.54) is 11.8 Å². The summed E-state index contributed by atoms with van der Waals surface area (Å²) in [7, 11) is -2.90. The van der Waals surface area contributed by atoms with Crippen molar-refractivity contribution < 1.29 is 13.2 Å². The molecular formula is C16H21ClN2O3S2. The Labute approximate surface area is 152 Å². The van der Waals surface area contributed by atoms with Gasteiger partial charge in [0.25, 0.3) is 0 Å². The van der Waals surface area contributed by atoms with Gasteiger partial charge in [0.1, 0.15) is 0 Å². The van der Waals surface area contributed by atoms with Crippen LogP contribution in [-0.2, 0) is 14.6 Å². The molecule has 2 aliphatic heterocycles. The molecule has 0 radical (unpaired) electrons. The van der Waals surface area contributed by atoms with Crippen molar-refractivity contribution in [3.63, 3.8) is 0 Å². The van der Waals surface area contributed by atoms with E-state index in [4.69, 9.17) is 11.6 Å². The van der Waals surface area contributed by atoms with Crippen molar-refractivity contribution in [3.05, 3.63) is 23.2 Å². The highest BCUT2D eigenvalue weighted by Crippen LogP contribution is 2.32. The first-order chi connectivity index (χ1) is 11.4. The predicted molar refractivity (Wildman–Crippen MR) is 101 cm³/mol. The summed E-state index contributed by atoms with van der Waals surface area (Å²) in [4.78, 5) is 14.5. The molecule has 3 rings (SSSR count). The van der Waals surface area contributed by atoms with Crippen LogP contribution in [0.15, 0.2) is 18.2 Å². The van der Waals surface area contributed by atoms with Crippen LogP contribution in [0.4, 0.5) is 11.4 Å². The number of nitrogens with one attached hydrogen (secondary N) is 1. The zero-order chi connectivity index (χ0) is 17.2. The number of thioether (sulfide) groups is 1. The fourth-order valence-corrected chi connectivity index (χ4v) is 6.73. The Morgan fingerprint density at radius 2 is 2.08 bits per heavy atom. The zero-order valence-corrected chi connectivity index (χ0v) is 15.7. The van der Waals surface area contributed by atoms with E-state index < -0.39 is 9.84 Å². The van der Waals surface area contributed by atoms with E-state index in [-0.39, 0.29) is 28.4 Å². The maximum atomic E-state index is 12.3. The summed E-state index contributed by atoms with van der Waals surface area (Å²) >= 11 is 7.50. The molecule has 1 atom stereocenters. The number of amides is 1. The van der Waals surface area contributed by atoms with Crippen LogP contribution in [0.3, 0.4) is 0 Å². The Morgan fingerprint density at radius 1 is 1.33 bits per heavy atom. The number of hydrogen-bond donors (Lipinski definition) is 1. The van der Waals surface area contributed by atoms with Gasteiger partial charge in [-0.05, 0) is 37.5 Å². The van der Waals surface area contributed by atoms with Crippen molar-refractivity contribution in [1.82, 2.24) is 0 Å². The number of halogens is 1. The standard InChI is InChI=1S/C16H21ClN2O3S2/c17-12-3-4-15(19-6-1-2-7-19)14(9-12)18-16(20)10-23-13-5-8-24(21,22)11-13/h3-4,9,13H,1-2,5-8,10-11H2,(H,18,20). The van der Waals surface area contributed by atoms with Gasteiger partial charge in [0.2, 0.25) is 5.91 Å². The molecule has 1 unspecified atom stereocenters. The van der Waals surface area contributed by atoms with Crippen molar-refractivity contribution >= 4 is 50.5 Å². The molecule has 0 aliphatic carbocycles. The first-order valence-electron chi connectivity index (χ1n) is 8.09. The van der Waals surface area contributed by atoms with E-state index in [2.05, 4.69) is 10.2 Å². The molecule has 132 valence electrons. The summed E-state index contributed by atoms with van der Waals surface area (Å²) in [5.74, 6) is 0.555. The third-order valence-electron chi connectivity index (χ3n) is 4.32. The molecule has 2 aliphatic rings. The molecule has 8 heteroatoms. The minimum absolute atomic E-state index is 0.0261. The molecule has 0 bridgehead atoms. The Morgan fingerprint density at radius 3 is 2.75 bits per heavy atom. The van der Waals surface area contributed by atoms with E-state index in [1.807, 2.05) is 12.1 Å².